The number of amides is 2. The number of halogens is 1. The summed E-state index contributed by atoms with van der Waals surface area (Å²) in [6.45, 7) is 0. The molecular formula is C17H17ClN4O3S. The van der Waals surface area contributed by atoms with E-state index in [1.165, 1.54) is 23.9 Å². The topological polar surface area (TPSA) is 101 Å². The van der Waals surface area contributed by atoms with Crippen molar-refractivity contribution in [2.45, 2.75) is 42.5 Å². The van der Waals surface area contributed by atoms with Crippen molar-refractivity contribution < 1.29 is 13.2 Å². The summed E-state index contributed by atoms with van der Waals surface area (Å²) in [4.78, 5) is 12.4. The highest BCUT2D eigenvalue weighted by atomic mass is 35.5. The number of nitrogens with zero attached hydrogens (tertiary/aromatic N) is 2. The quantitative estimate of drug-likeness (QED) is 0.782. The van der Waals surface area contributed by atoms with E-state index in [0.717, 1.165) is 48.8 Å². The van der Waals surface area contributed by atoms with Gasteiger partial charge < -0.3 is 5.32 Å². The number of rotatable bonds is 3. The monoisotopic (exact) mass is 392 g/mol. The zero-order valence-electron chi connectivity index (χ0n) is 13.8. The Kier molecular flexibility index (Phi) is 4.32. The Labute approximate surface area is 156 Å². The second-order valence-corrected chi connectivity index (χ2v) is 8.60. The minimum absolute atomic E-state index is 0.178. The van der Waals surface area contributed by atoms with Crippen molar-refractivity contribution in [1.82, 2.24) is 14.9 Å². The summed E-state index contributed by atoms with van der Waals surface area (Å²) in [7, 11) is -4.09. The SMILES string of the molecule is O=C(Nc1c2c(cc3c1C(Cl)CC3)CCC2)NS(=O)(=O)c1cccnn1. The van der Waals surface area contributed by atoms with Crippen LogP contribution < -0.4 is 10.0 Å². The van der Waals surface area contributed by atoms with Crippen LogP contribution in [0.25, 0.3) is 0 Å². The number of aryl methyl sites for hydroxylation is 2. The molecule has 1 unspecified atom stereocenters. The number of hydrogen-bond acceptors (Lipinski definition) is 5. The highest BCUT2D eigenvalue weighted by molar-refractivity contribution is 7.90. The van der Waals surface area contributed by atoms with Crippen LogP contribution in [-0.4, -0.2) is 24.6 Å². The molecule has 0 saturated heterocycles. The molecule has 2 aromatic rings. The summed E-state index contributed by atoms with van der Waals surface area (Å²) < 4.78 is 26.5. The van der Waals surface area contributed by atoms with Crippen molar-refractivity contribution in [3.8, 4) is 0 Å². The third kappa shape index (κ3) is 3.03. The molecule has 0 radical (unpaired) electrons. The van der Waals surface area contributed by atoms with Gasteiger partial charge in [-0.3, -0.25) is 0 Å². The van der Waals surface area contributed by atoms with E-state index in [1.54, 1.807) is 0 Å². The highest BCUT2D eigenvalue weighted by Crippen LogP contribution is 2.45. The van der Waals surface area contributed by atoms with E-state index in [4.69, 9.17) is 11.6 Å². The fraction of sp³-hybridized carbons (Fsp3) is 0.353. The number of anilines is 1. The fourth-order valence-corrected chi connectivity index (χ4v) is 4.87. The average Bonchev–Trinajstić information content (AvgIpc) is 3.22. The molecule has 1 heterocycles. The number of sulfonamides is 1. The molecule has 1 aromatic carbocycles. The lowest BCUT2D eigenvalue weighted by Crippen LogP contribution is -2.35. The van der Waals surface area contributed by atoms with Crippen molar-refractivity contribution >= 4 is 33.3 Å². The molecule has 2 N–H and O–H groups in total. The number of aromatic nitrogens is 2. The fourth-order valence-electron chi connectivity index (χ4n) is 3.70. The standard InChI is InChI=1S/C17H17ClN4O3S/c18-13-7-6-11-9-10-3-1-4-12(10)16(15(11)13)20-17(23)22-26(24,25)14-5-2-8-19-21-14/h2,5,8-9,13H,1,3-4,6-7H2,(H2,20,22,23). The first-order valence-electron chi connectivity index (χ1n) is 8.39. The van der Waals surface area contributed by atoms with Crippen LogP contribution in [0.5, 0.6) is 0 Å². The van der Waals surface area contributed by atoms with E-state index in [-0.39, 0.29) is 10.4 Å². The molecule has 136 valence electrons. The molecule has 0 saturated carbocycles. The van der Waals surface area contributed by atoms with Crippen LogP contribution in [0.1, 0.15) is 40.5 Å². The van der Waals surface area contributed by atoms with Crippen LogP contribution in [0.15, 0.2) is 29.4 Å². The first-order chi connectivity index (χ1) is 12.5. The van der Waals surface area contributed by atoms with Crippen LogP contribution in [0.3, 0.4) is 0 Å². The number of nitrogens with one attached hydrogen (secondary N) is 2. The number of benzene rings is 1. The van der Waals surface area contributed by atoms with Gasteiger partial charge in [-0.15, -0.1) is 16.7 Å². The van der Waals surface area contributed by atoms with Gasteiger partial charge in [0.15, 0.2) is 5.03 Å². The number of hydrogen-bond donors (Lipinski definition) is 2. The van der Waals surface area contributed by atoms with Gasteiger partial charge in [0, 0.05) is 6.20 Å². The highest BCUT2D eigenvalue weighted by Gasteiger charge is 2.30. The van der Waals surface area contributed by atoms with E-state index in [1.807, 2.05) is 4.72 Å². The zero-order chi connectivity index (χ0) is 18.3. The molecule has 0 aliphatic heterocycles. The largest absolute Gasteiger partial charge is 0.333 e. The molecule has 2 aliphatic rings. The van der Waals surface area contributed by atoms with Crippen molar-refractivity contribution in [3.63, 3.8) is 0 Å². The summed E-state index contributed by atoms with van der Waals surface area (Å²) in [6, 6.07) is 4.07. The molecule has 4 rings (SSSR count). The number of carbonyl (C=O) groups excluding carboxylic acids is 1. The summed E-state index contributed by atoms with van der Waals surface area (Å²) >= 11 is 6.45. The molecule has 0 fully saturated rings. The molecule has 2 amide bonds. The Hall–Kier alpha value is -2.19. The van der Waals surface area contributed by atoms with Crippen molar-refractivity contribution in [3.05, 3.63) is 46.6 Å². The number of urea groups is 1. The van der Waals surface area contributed by atoms with Crippen molar-refractivity contribution in [2.24, 2.45) is 0 Å². The molecule has 1 atom stereocenters. The lowest BCUT2D eigenvalue weighted by atomic mass is 9.98. The predicted molar refractivity (Wildman–Crippen MR) is 96.8 cm³/mol. The van der Waals surface area contributed by atoms with Gasteiger partial charge in [0.2, 0.25) is 0 Å². The number of carbonyl (C=O) groups is 1. The normalized spacial score (nSPS) is 18.3. The Morgan fingerprint density at radius 1 is 1.23 bits per heavy atom. The van der Waals surface area contributed by atoms with E-state index in [2.05, 4.69) is 21.6 Å². The zero-order valence-corrected chi connectivity index (χ0v) is 15.4. The summed E-state index contributed by atoms with van der Waals surface area (Å²) in [6.07, 6.45) is 5.86. The van der Waals surface area contributed by atoms with Crippen LogP contribution in [0.4, 0.5) is 10.5 Å². The summed E-state index contributed by atoms with van der Waals surface area (Å²) in [5.41, 5.74) is 4.99. The van der Waals surface area contributed by atoms with Gasteiger partial charge >= 0.3 is 6.03 Å². The average molecular weight is 393 g/mol. The van der Waals surface area contributed by atoms with Crippen molar-refractivity contribution in [2.75, 3.05) is 5.32 Å². The van der Waals surface area contributed by atoms with Crippen LogP contribution in [0, 0.1) is 0 Å². The lowest BCUT2D eigenvalue weighted by molar-refractivity contribution is 0.256. The smallest absolute Gasteiger partial charge is 0.307 e. The number of alkyl halides is 1. The third-order valence-electron chi connectivity index (χ3n) is 4.80. The molecule has 0 bridgehead atoms. The van der Waals surface area contributed by atoms with Gasteiger partial charge in [-0.2, -0.15) is 13.5 Å². The van der Waals surface area contributed by atoms with E-state index >= 15 is 0 Å². The summed E-state index contributed by atoms with van der Waals surface area (Å²) in [5, 5.41) is 9.31. The van der Waals surface area contributed by atoms with Gasteiger partial charge in [0.1, 0.15) is 0 Å². The second kappa shape index (κ2) is 6.51. The van der Waals surface area contributed by atoms with Gasteiger partial charge in [-0.25, -0.2) is 9.52 Å². The third-order valence-corrected chi connectivity index (χ3v) is 6.45. The molecule has 7 nitrogen and oxygen atoms in total. The number of fused-ring (bicyclic) bond motifs is 2. The van der Waals surface area contributed by atoms with Crippen LogP contribution >= 0.6 is 11.6 Å². The van der Waals surface area contributed by atoms with Gasteiger partial charge in [-0.05, 0) is 66.5 Å². The van der Waals surface area contributed by atoms with Gasteiger partial charge in [0.25, 0.3) is 10.0 Å². The minimum Gasteiger partial charge on any atom is -0.307 e. The van der Waals surface area contributed by atoms with Gasteiger partial charge in [0.05, 0.1) is 11.1 Å². The maximum atomic E-state index is 12.4. The Bertz CT molecular complexity index is 979. The Morgan fingerprint density at radius 3 is 2.85 bits per heavy atom. The van der Waals surface area contributed by atoms with E-state index in [9.17, 15) is 13.2 Å². The molecule has 0 spiro atoms. The Morgan fingerprint density at radius 2 is 2.08 bits per heavy atom. The van der Waals surface area contributed by atoms with Crippen molar-refractivity contribution in [1.29, 1.82) is 0 Å². The second-order valence-electron chi connectivity index (χ2n) is 6.44. The molecule has 2 aliphatic carbocycles. The first kappa shape index (κ1) is 17.2. The predicted octanol–water partition coefficient (Wildman–Crippen LogP) is 2.70. The Balaban J connectivity index is 1.63. The van der Waals surface area contributed by atoms with Crippen LogP contribution in [-0.2, 0) is 29.3 Å². The summed E-state index contributed by atoms with van der Waals surface area (Å²) in [5.74, 6) is 0. The molecule has 26 heavy (non-hydrogen) atoms. The van der Waals surface area contributed by atoms with E-state index < -0.39 is 16.1 Å². The molecule has 9 heteroatoms. The molecule has 1 aromatic heterocycles. The maximum Gasteiger partial charge on any atom is 0.333 e. The van der Waals surface area contributed by atoms with E-state index in [0.29, 0.717) is 5.69 Å². The minimum atomic E-state index is -4.09. The van der Waals surface area contributed by atoms with Crippen LogP contribution in [0.2, 0.25) is 0 Å². The van der Waals surface area contributed by atoms with Gasteiger partial charge in [-0.1, -0.05) is 6.07 Å². The maximum absolute atomic E-state index is 12.4. The lowest BCUT2D eigenvalue weighted by Gasteiger charge is -2.18. The first-order valence-corrected chi connectivity index (χ1v) is 10.3. The molecular weight excluding hydrogens is 376 g/mol.